The largest absolute Gasteiger partial charge is 0.481 e. The second-order valence-corrected chi connectivity index (χ2v) is 4.98. The van der Waals surface area contributed by atoms with Crippen LogP contribution in [0.2, 0.25) is 5.02 Å². The van der Waals surface area contributed by atoms with E-state index in [4.69, 9.17) is 16.3 Å². The molecule has 0 spiro atoms. The predicted octanol–water partition coefficient (Wildman–Crippen LogP) is 3.98. The smallest absolute Gasteiger partial charge is 0.174 e. The maximum Gasteiger partial charge on any atom is 0.174 e. The lowest BCUT2D eigenvalue weighted by Crippen LogP contribution is -2.08. The molecule has 0 amide bonds. The fraction of sp³-hybridized carbons (Fsp3) is 0.333. The van der Waals surface area contributed by atoms with Crippen molar-refractivity contribution in [2.45, 2.75) is 26.9 Å². The van der Waals surface area contributed by atoms with Gasteiger partial charge in [0, 0.05) is 18.3 Å². The van der Waals surface area contributed by atoms with Gasteiger partial charge in [-0.2, -0.15) is 0 Å². The Hall–Kier alpha value is -1.88. The fourth-order valence-electron chi connectivity index (χ4n) is 1.80. The zero-order chi connectivity index (χ0) is 15.2. The van der Waals surface area contributed by atoms with Crippen molar-refractivity contribution in [1.29, 1.82) is 0 Å². The van der Waals surface area contributed by atoms with Gasteiger partial charge in [-0.3, -0.25) is 0 Å². The van der Waals surface area contributed by atoms with Crippen LogP contribution in [0.1, 0.15) is 24.9 Å². The number of hydrogen-bond donors (Lipinski definition) is 1. The van der Waals surface area contributed by atoms with Crippen LogP contribution in [0.4, 0.5) is 10.2 Å². The Labute approximate surface area is 128 Å². The van der Waals surface area contributed by atoms with Crippen molar-refractivity contribution in [2.75, 3.05) is 11.9 Å². The Kier molecular flexibility index (Phi) is 5.33. The molecular formula is C15H17ClFN3O. The number of hydrogen-bond acceptors (Lipinski definition) is 4. The molecule has 2 aromatic rings. The molecule has 0 unspecified atom stereocenters. The van der Waals surface area contributed by atoms with Gasteiger partial charge in [-0.1, -0.05) is 24.6 Å². The zero-order valence-corrected chi connectivity index (χ0v) is 12.7. The molecule has 0 saturated carbocycles. The summed E-state index contributed by atoms with van der Waals surface area (Å²) in [5, 5.41) is 3.42. The number of halogens is 2. The molecule has 6 heteroatoms. The maximum absolute atomic E-state index is 13.6. The molecular weight excluding hydrogens is 293 g/mol. The Morgan fingerprint density at radius 3 is 2.86 bits per heavy atom. The van der Waals surface area contributed by atoms with Crippen molar-refractivity contribution in [3.05, 3.63) is 46.6 Å². The van der Waals surface area contributed by atoms with Crippen LogP contribution in [-0.4, -0.2) is 16.5 Å². The quantitative estimate of drug-likeness (QED) is 0.877. The van der Waals surface area contributed by atoms with Crippen molar-refractivity contribution < 1.29 is 9.13 Å². The number of nitrogens with zero attached hydrogens (tertiary/aromatic N) is 2. The van der Waals surface area contributed by atoms with Gasteiger partial charge in [0.25, 0.3) is 0 Å². The van der Waals surface area contributed by atoms with Crippen molar-refractivity contribution >= 4 is 17.4 Å². The Balaban J connectivity index is 2.11. The summed E-state index contributed by atoms with van der Waals surface area (Å²) in [6, 6.07) is 6.26. The summed E-state index contributed by atoms with van der Waals surface area (Å²) in [5.41, 5.74) is 0.821. The van der Waals surface area contributed by atoms with Crippen molar-refractivity contribution in [2.24, 2.45) is 0 Å². The highest BCUT2D eigenvalue weighted by Gasteiger charge is 2.10. The van der Waals surface area contributed by atoms with Crippen LogP contribution in [-0.2, 0) is 6.61 Å². The average molecular weight is 310 g/mol. The third-order valence-corrected chi connectivity index (χ3v) is 3.02. The van der Waals surface area contributed by atoms with Gasteiger partial charge in [-0.15, -0.1) is 0 Å². The lowest BCUT2D eigenvalue weighted by molar-refractivity contribution is 0.281. The molecule has 0 bridgehead atoms. The average Bonchev–Trinajstić information content (AvgIpc) is 2.44. The van der Waals surface area contributed by atoms with Crippen LogP contribution in [0.5, 0.6) is 5.75 Å². The second kappa shape index (κ2) is 7.22. The zero-order valence-electron chi connectivity index (χ0n) is 12.0. The fourth-order valence-corrected chi connectivity index (χ4v) is 2.01. The molecule has 0 atom stereocenters. The number of nitrogens with one attached hydrogen (secondary N) is 1. The highest BCUT2D eigenvalue weighted by atomic mass is 35.5. The summed E-state index contributed by atoms with van der Waals surface area (Å²) in [5.74, 6) is 0.738. The normalized spacial score (nSPS) is 10.5. The molecule has 0 aliphatic rings. The van der Waals surface area contributed by atoms with E-state index in [0.29, 0.717) is 5.82 Å². The van der Waals surface area contributed by atoms with Crippen molar-refractivity contribution in [1.82, 2.24) is 9.97 Å². The molecule has 0 radical (unpaired) electrons. The van der Waals surface area contributed by atoms with Crippen LogP contribution in [0.25, 0.3) is 0 Å². The number of anilines is 1. The molecule has 0 fully saturated rings. The van der Waals surface area contributed by atoms with E-state index in [1.807, 2.05) is 13.0 Å². The van der Waals surface area contributed by atoms with E-state index in [1.54, 1.807) is 6.07 Å². The van der Waals surface area contributed by atoms with Gasteiger partial charge in [0.2, 0.25) is 0 Å². The van der Waals surface area contributed by atoms with Crippen LogP contribution in [0.3, 0.4) is 0 Å². The number of benzene rings is 1. The first-order valence-electron chi connectivity index (χ1n) is 6.75. The Morgan fingerprint density at radius 1 is 1.33 bits per heavy atom. The molecule has 1 N–H and O–H groups in total. The van der Waals surface area contributed by atoms with Gasteiger partial charge in [-0.25, -0.2) is 14.4 Å². The summed E-state index contributed by atoms with van der Waals surface area (Å²) in [6.07, 6.45) is 1.000. The predicted molar refractivity (Wildman–Crippen MR) is 81.3 cm³/mol. The van der Waals surface area contributed by atoms with Crippen molar-refractivity contribution in [3.63, 3.8) is 0 Å². The molecule has 21 heavy (non-hydrogen) atoms. The first-order valence-corrected chi connectivity index (χ1v) is 7.13. The van der Waals surface area contributed by atoms with Gasteiger partial charge < -0.3 is 10.1 Å². The maximum atomic E-state index is 13.6. The van der Waals surface area contributed by atoms with Crippen molar-refractivity contribution in [3.8, 4) is 5.75 Å². The number of aryl methyl sites for hydroxylation is 1. The molecule has 112 valence electrons. The van der Waals surface area contributed by atoms with Gasteiger partial charge in [-0.05, 0) is 25.5 Å². The molecule has 2 rings (SSSR count). The molecule has 1 aromatic heterocycles. The third-order valence-electron chi connectivity index (χ3n) is 2.72. The first-order chi connectivity index (χ1) is 10.1. The minimum absolute atomic E-state index is 0.0207. The molecule has 0 saturated heterocycles. The topological polar surface area (TPSA) is 47.0 Å². The minimum Gasteiger partial charge on any atom is -0.481 e. The monoisotopic (exact) mass is 309 g/mol. The highest BCUT2D eigenvalue weighted by Crippen LogP contribution is 2.27. The molecule has 4 nitrogen and oxygen atoms in total. The van der Waals surface area contributed by atoms with Gasteiger partial charge in [0.1, 0.15) is 12.4 Å². The van der Waals surface area contributed by atoms with Gasteiger partial charge in [0.05, 0.1) is 5.02 Å². The molecule has 1 aromatic carbocycles. The molecule has 0 aliphatic heterocycles. The molecule has 1 heterocycles. The van der Waals surface area contributed by atoms with Crippen LogP contribution in [0.15, 0.2) is 24.3 Å². The summed E-state index contributed by atoms with van der Waals surface area (Å²) >= 11 is 5.91. The standard InChI is InChI=1S/C15H17ClFN3O/c1-3-7-18-13-8-10(2)19-14(20-13)9-21-15-11(16)5-4-6-12(15)17/h4-6,8H,3,7,9H2,1-2H3,(H,18,19,20). The van der Waals surface area contributed by atoms with Gasteiger partial charge in [0.15, 0.2) is 17.4 Å². The van der Waals surface area contributed by atoms with Crippen LogP contribution < -0.4 is 10.1 Å². The minimum atomic E-state index is -0.500. The van der Waals surface area contributed by atoms with E-state index >= 15 is 0 Å². The Morgan fingerprint density at radius 2 is 2.14 bits per heavy atom. The van der Waals surface area contributed by atoms with Crippen LogP contribution >= 0.6 is 11.6 Å². The highest BCUT2D eigenvalue weighted by molar-refractivity contribution is 6.32. The Bertz CT molecular complexity index is 602. The number of para-hydroxylation sites is 1. The summed E-state index contributed by atoms with van der Waals surface area (Å²) < 4.78 is 19.0. The first kappa shape index (κ1) is 15.5. The van der Waals surface area contributed by atoms with E-state index in [9.17, 15) is 4.39 Å². The van der Waals surface area contributed by atoms with E-state index in [2.05, 4.69) is 22.2 Å². The van der Waals surface area contributed by atoms with E-state index in [0.717, 1.165) is 24.5 Å². The van der Waals surface area contributed by atoms with E-state index < -0.39 is 5.82 Å². The van der Waals surface area contributed by atoms with E-state index in [-0.39, 0.29) is 17.4 Å². The van der Waals surface area contributed by atoms with Crippen LogP contribution in [0, 0.1) is 12.7 Å². The summed E-state index contributed by atoms with van der Waals surface area (Å²) in [6.45, 7) is 4.84. The number of rotatable bonds is 6. The lowest BCUT2D eigenvalue weighted by atomic mass is 10.3. The summed E-state index contributed by atoms with van der Waals surface area (Å²) in [7, 11) is 0. The second-order valence-electron chi connectivity index (χ2n) is 4.58. The third kappa shape index (κ3) is 4.29. The molecule has 0 aliphatic carbocycles. The van der Waals surface area contributed by atoms with E-state index in [1.165, 1.54) is 12.1 Å². The summed E-state index contributed by atoms with van der Waals surface area (Å²) in [4.78, 5) is 8.61. The number of ether oxygens (including phenoxy) is 1. The van der Waals surface area contributed by atoms with Gasteiger partial charge >= 0.3 is 0 Å². The SMILES string of the molecule is CCCNc1cc(C)nc(COc2c(F)cccc2Cl)n1. The number of aromatic nitrogens is 2. The lowest BCUT2D eigenvalue weighted by Gasteiger charge is -2.10.